The van der Waals surface area contributed by atoms with Crippen molar-refractivity contribution < 1.29 is 4.79 Å². The van der Waals surface area contributed by atoms with Crippen molar-refractivity contribution in [3.8, 4) is 0 Å². The number of aromatic nitrogens is 1. The number of Topliss-reactive ketones (excluding diaryl/α,β-unsaturated/α-hetero) is 1. The van der Waals surface area contributed by atoms with Crippen LogP contribution >= 0.6 is 0 Å². The molecule has 1 heterocycles. The Morgan fingerprint density at radius 3 is 2.67 bits per heavy atom. The molecule has 0 radical (unpaired) electrons. The van der Waals surface area contributed by atoms with Gasteiger partial charge in [-0.2, -0.15) is 0 Å². The molecule has 2 rings (SSSR count). The zero-order valence-corrected chi connectivity index (χ0v) is 9.20. The molecule has 0 N–H and O–H groups in total. The Kier molecular flexibility index (Phi) is 3.14. The van der Waals surface area contributed by atoms with Crippen LogP contribution in [0.4, 0.5) is 0 Å². The summed E-state index contributed by atoms with van der Waals surface area (Å²) < 4.78 is 0. The van der Waals surface area contributed by atoms with Crippen molar-refractivity contribution in [1.29, 1.82) is 0 Å². The molecule has 0 spiro atoms. The summed E-state index contributed by atoms with van der Waals surface area (Å²) in [5.41, 5.74) is 1.72. The summed E-state index contributed by atoms with van der Waals surface area (Å²) in [7, 11) is 0. The number of hydrogen-bond donors (Lipinski definition) is 0. The first-order valence-corrected chi connectivity index (χ1v) is 5.75. The summed E-state index contributed by atoms with van der Waals surface area (Å²) >= 11 is 0. The summed E-state index contributed by atoms with van der Waals surface area (Å²) in [6.07, 6.45) is 6.42. The Labute approximate surface area is 90.7 Å². The number of carbonyl (C=O) groups is 1. The Hall–Kier alpha value is -1.18. The van der Waals surface area contributed by atoms with E-state index in [0.717, 1.165) is 5.69 Å². The van der Waals surface area contributed by atoms with Crippen LogP contribution < -0.4 is 0 Å². The van der Waals surface area contributed by atoms with Crippen molar-refractivity contribution in [2.45, 2.75) is 44.9 Å². The molecule has 1 saturated carbocycles. The van der Waals surface area contributed by atoms with Crippen LogP contribution in [-0.4, -0.2) is 10.8 Å². The van der Waals surface area contributed by atoms with Crippen LogP contribution in [0.2, 0.25) is 0 Å². The lowest BCUT2D eigenvalue weighted by molar-refractivity contribution is 0.101. The van der Waals surface area contributed by atoms with Crippen molar-refractivity contribution in [3.05, 3.63) is 29.6 Å². The van der Waals surface area contributed by atoms with E-state index in [9.17, 15) is 4.79 Å². The van der Waals surface area contributed by atoms with E-state index in [4.69, 9.17) is 0 Å². The second-order valence-corrected chi connectivity index (χ2v) is 4.34. The third-order valence-corrected chi connectivity index (χ3v) is 3.15. The molecule has 0 bridgehead atoms. The first-order chi connectivity index (χ1) is 7.27. The largest absolute Gasteiger partial charge is 0.293 e. The van der Waals surface area contributed by atoms with Gasteiger partial charge in [-0.1, -0.05) is 25.3 Å². The lowest BCUT2D eigenvalue weighted by Crippen LogP contribution is -2.08. The number of nitrogens with zero attached hydrogens (tertiary/aromatic N) is 1. The van der Waals surface area contributed by atoms with Crippen molar-refractivity contribution in [3.63, 3.8) is 0 Å². The Morgan fingerprint density at radius 1 is 1.27 bits per heavy atom. The Morgan fingerprint density at radius 2 is 2.00 bits per heavy atom. The first kappa shape index (κ1) is 10.3. The van der Waals surface area contributed by atoms with E-state index in [-0.39, 0.29) is 5.78 Å². The van der Waals surface area contributed by atoms with Gasteiger partial charge < -0.3 is 0 Å². The van der Waals surface area contributed by atoms with Crippen LogP contribution in [0.25, 0.3) is 0 Å². The molecule has 1 aliphatic rings. The number of pyridine rings is 1. The highest BCUT2D eigenvalue weighted by Gasteiger charge is 2.17. The fourth-order valence-electron chi connectivity index (χ4n) is 2.27. The minimum atomic E-state index is 0.0626. The number of carbonyl (C=O) groups excluding carboxylic acids is 1. The highest BCUT2D eigenvalue weighted by Crippen LogP contribution is 2.31. The van der Waals surface area contributed by atoms with Crippen molar-refractivity contribution >= 4 is 5.78 Å². The number of hydrogen-bond acceptors (Lipinski definition) is 2. The summed E-state index contributed by atoms with van der Waals surface area (Å²) in [6.45, 7) is 1.58. The molecule has 0 atom stereocenters. The van der Waals surface area contributed by atoms with Crippen molar-refractivity contribution in [2.24, 2.45) is 0 Å². The van der Waals surface area contributed by atoms with Crippen molar-refractivity contribution in [2.75, 3.05) is 0 Å². The molecule has 80 valence electrons. The average molecular weight is 203 g/mol. The molecule has 2 nitrogen and oxygen atoms in total. The van der Waals surface area contributed by atoms with Crippen LogP contribution in [0.15, 0.2) is 18.2 Å². The normalized spacial score (nSPS) is 17.7. The van der Waals surface area contributed by atoms with E-state index in [1.54, 1.807) is 13.0 Å². The maximum absolute atomic E-state index is 11.2. The van der Waals surface area contributed by atoms with Crippen molar-refractivity contribution in [1.82, 2.24) is 4.98 Å². The van der Waals surface area contributed by atoms with Gasteiger partial charge in [-0.25, -0.2) is 4.98 Å². The average Bonchev–Trinajstić information content (AvgIpc) is 2.30. The van der Waals surface area contributed by atoms with E-state index in [2.05, 4.69) is 11.1 Å². The third kappa shape index (κ3) is 2.44. The molecule has 15 heavy (non-hydrogen) atoms. The van der Waals surface area contributed by atoms with Crippen LogP contribution in [0.1, 0.15) is 61.1 Å². The standard InChI is InChI=1S/C13H17NO/c1-10(15)12-8-5-9-13(14-12)11-6-3-2-4-7-11/h5,8-9,11H,2-4,6-7H2,1H3. The molecule has 2 heteroatoms. The van der Waals surface area contributed by atoms with Gasteiger partial charge in [-0.3, -0.25) is 4.79 Å². The van der Waals surface area contributed by atoms with Gasteiger partial charge in [0.1, 0.15) is 5.69 Å². The van der Waals surface area contributed by atoms with Crippen LogP contribution in [-0.2, 0) is 0 Å². The van der Waals surface area contributed by atoms with Crippen LogP contribution in [0.5, 0.6) is 0 Å². The predicted octanol–water partition coefficient (Wildman–Crippen LogP) is 3.33. The van der Waals surface area contributed by atoms with Gasteiger partial charge in [0.15, 0.2) is 5.78 Å². The SMILES string of the molecule is CC(=O)c1cccc(C2CCCCC2)n1. The molecular weight excluding hydrogens is 186 g/mol. The molecule has 0 aliphatic heterocycles. The van der Waals surface area contributed by atoms with Gasteiger partial charge in [-0.15, -0.1) is 0 Å². The van der Waals surface area contributed by atoms with Gasteiger partial charge in [-0.05, 0) is 25.0 Å². The van der Waals surface area contributed by atoms with E-state index >= 15 is 0 Å². The summed E-state index contributed by atoms with van der Waals surface area (Å²) in [6, 6.07) is 5.81. The highest BCUT2D eigenvalue weighted by molar-refractivity contribution is 5.92. The fourth-order valence-corrected chi connectivity index (χ4v) is 2.27. The van der Waals surface area contributed by atoms with E-state index < -0.39 is 0 Å². The van der Waals surface area contributed by atoms with Gasteiger partial charge in [0.25, 0.3) is 0 Å². The van der Waals surface area contributed by atoms with Gasteiger partial charge in [0, 0.05) is 18.5 Å². The minimum Gasteiger partial charge on any atom is -0.293 e. The number of ketones is 1. The summed E-state index contributed by atoms with van der Waals surface area (Å²) in [4.78, 5) is 15.7. The predicted molar refractivity (Wildman–Crippen MR) is 60.1 cm³/mol. The maximum Gasteiger partial charge on any atom is 0.178 e. The van der Waals surface area contributed by atoms with Crippen LogP contribution in [0.3, 0.4) is 0 Å². The van der Waals surface area contributed by atoms with Crippen LogP contribution in [0, 0.1) is 0 Å². The van der Waals surface area contributed by atoms with Gasteiger partial charge in [0.05, 0.1) is 0 Å². The van der Waals surface area contributed by atoms with Gasteiger partial charge in [0.2, 0.25) is 0 Å². The quantitative estimate of drug-likeness (QED) is 0.690. The lowest BCUT2D eigenvalue weighted by Gasteiger charge is -2.21. The van der Waals surface area contributed by atoms with E-state index in [1.165, 1.54) is 32.1 Å². The third-order valence-electron chi connectivity index (χ3n) is 3.15. The van der Waals surface area contributed by atoms with E-state index in [0.29, 0.717) is 11.6 Å². The molecule has 0 unspecified atom stereocenters. The minimum absolute atomic E-state index is 0.0626. The molecule has 0 saturated heterocycles. The molecule has 1 fully saturated rings. The second-order valence-electron chi connectivity index (χ2n) is 4.34. The monoisotopic (exact) mass is 203 g/mol. The Bertz CT molecular complexity index is 353. The summed E-state index contributed by atoms with van der Waals surface area (Å²) in [5, 5.41) is 0. The molecule has 0 amide bonds. The lowest BCUT2D eigenvalue weighted by atomic mass is 9.86. The number of rotatable bonds is 2. The fraction of sp³-hybridized carbons (Fsp3) is 0.538. The van der Waals surface area contributed by atoms with E-state index in [1.807, 2.05) is 6.07 Å². The summed E-state index contributed by atoms with van der Waals surface area (Å²) in [5.74, 6) is 0.644. The molecule has 1 aromatic rings. The molecule has 1 aromatic heterocycles. The Balaban J connectivity index is 2.19. The second kappa shape index (κ2) is 4.56. The smallest absolute Gasteiger partial charge is 0.178 e. The molecule has 1 aliphatic carbocycles. The molecular formula is C13H17NO. The molecule has 0 aromatic carbocycles. The van der Waals surface area contributed by atoms with Gasteiger partial charge >= 0.3 is 0 Å². The topological polar surface area (TPSA) is 30.0 Å². The zero-order chi connectivity index (χ0) is 10.7. The maximum atomic E-state index is 11.2. The highest BCUT2D eigenvalue weighted by atomic mass is 16.1. The zero-order valence-electron chi connectivity index (χ0n) is 9.20. The first-order valence-electron chi connectivity index (χ1n) is 5.75.